The molecule has 1 rings (SSSR count). The van der Waals surface area contributed by atoms with Crippen molar-refractivity contribution in [3.05, 3.63) is 0 Å². The van der Waals surface area contributed by atoms with Crippen LogP contribution in [0.4, 0.5) is 0 Å². The monoisotopic (exact) mass is 238 g/mol. The molecule has 0 bridgehead atoms. The Bertz CT molecular complexity index is 270. The van der Waals surface area contributed by atoms with Crippen LogP contribution in [-0.4, -0.2) is 18.2 Å². The van der Waals surface area contributed by atoms with Crippen LogP contribution in [0.5, 0.6) is 0 Å². The highest BCUT2D eigenvalue weighted by atomic mass is 16.5. The van der Waals surface area contributed by atoms with Gasteiger partial charge in [-0.1, -0.05) is 13.8 Å². The van der Waals surface area contributed by atoms with Crippen molar-refractivity contribution in [2.45, 2.75) is 64.5 Å². The van der Waals surface area contributed by atoms with Gasteiger partial charge in [0.25, 0.3) is 0 Å². The van der Waals surface area contributed by atoms with Crippen molar-refractivity contribution in [3.8, 4) is 12.3 Å². The first kappa shape index (κ1) is 14.5. The van der Waals surface area contributed by atoms with Crippen LogP contribution >= 0.6 is 0 Å². The van der Waals surface area contributed by atoms with Crippen LogP contribution in [0.1, 0.15) is 52.9 Å². The SMILES string of the molecule is C#CCC(NN)C1(OCC)CCC(C)(C)CC1. The third kappa shape index (κ3) is 3.45. The van der Waals surface area contributed by atoms with Crippen molar-refractivity contribution in [2.75, 3.05) is 6.61 Å². The Hall–Kier alpha value is -0.560. The minimum absolute atomic E-state index is 0.0588. The molecule has 1 atom stereocenters. The van der Waals surface area contributed by atoms with Crippen molar-refractivity contribution >= 4 is 0 Å². The molecule has 0 radical (unpaired) electrons. The molecule has 0 aromatic heterocycles. The van der Waals surface area contributed by atoms with Gasteiger partial charge in [-0.2, -0.15) is 0 Å². The fourth-order valence-electron chi connectivity index (χ4n) is 2.75. The van der Waals surface area contributed by atoms with Crippen molar-refractivity contribution in [3.63, 3.8) is 0 Å². The summed E-state index contributed by atoms with van der Waals surface area (Å²) in [6, 6.07) is 0.0588. The summed E-state index contributed by atoms with van der Waals surface area (Å²) in [5.41, 5.74) is 3.10. The lowest BCUT2D eigenvalue weighted by molar-refractivity contribution is -0.105. The molecule has 1 aliphatic rings. The molecule has 0 aromatic carbocycles. The Kier molecular flexibility index (Phi) is 5.00. The fraction of sp³-hybridized carbons (Fsp3) is 0.857. The van der Waals surface area contributed by atoms with Gasteiger partial charge >= 0.3 is 0 Å². The molecule has 0 saturated heterocycles. The zero-order valence-electron chi connectivity index (χ0n) is 11.4. The smallest absolute Gasteiger partial charge is 0.0857 e. The second kappa shape index (κ2) is 5.86. The van der Waals surface area contributed by atoms with Crippen LogP contribution in [0.25, 0.3) is 0 Å². The minimum Gasteiger partial charge on any atom is -0.374 e. The Labute approximate surface area is 105 Å². The molecule has 0 heterocycles. The third-order valence-corrected chi connectivity index (χ3v) is 4.04. The van der Waals surface area contributed by atoms with Gasteiger partial charge in [0.1, 0.15) is 0 Å². The van der Waals surface area contributed by atoms with Crippen LogP contribution in [0, 0.1) is 17.8 Å². The Balaban J connectivity index is 2.80. The number of hydrogen-bond acceptors (Lipinski definition) is 3. The lowest BCUT2D eigenvalue weighted by Gasteiger charge is -2.47. The molecule has 1 unspecified atom stereocenters. The molecule has 1 fully saturated rings. The van der Waals surface area contributed by atoms with Crippen LogP contribution in [0.3, 0.4) is 0 Å². The van der Waals surface area contributed by atoms with Crippen LogP contribution < -0.4 is 11.3 Å². The molecule has 3 heteroatoms. The molecule has 0 amide bonds. The van der Waals surface area contributed by atoms with Gasteiger partial charge in [0.2, 0.25) is 0 Å². The average Bonchev–Trinajstić information content (AvgIpc) is 2.30. The first-order chi connectivity index (χ1) is 7.99. The van der Waals surface area contributed by atoms with Gasteiger partial charge in [0.05, 0.1) is 11.6 Å². The van der Waals surface area contributed by atoms with Gasteiger partial charge in [0, 0.05) is 13.0 Å². The zero-order valence-corrected chi connectivity index (χ0v) is 11.4. The first-order valence-corrected chi connectivity index (χ1v) is 6.53. The van der Waals surface area contributed by atoms with E-state index in [1.165, 1.54) is 0 Å². The maximum atomic E-state index is 6.03. The largest absolute Gasteiger partial charge is 0.374 e. The third-order valence-electron chi connectivity index (χ3n) is 4.04. The summed E-state index contributed by atoms with van der Waals surface area (Å²) in [6.07, 6.45) is 10.4. The van der Waals surface area contributed by atoms with Crippen molar-refractivity contribution in [2.24, 2.45) is 11.3 Å². The summed E-state index contributed by atoms with van der Waals surface area (Å²) in [5.74, 6) is 8.34. The summed E-state index contributed by atoms with van der Waals surface area (Å²) >= 11 is 0. The summed E-state index contributed by atoms with van der Waals surface area (Å²) in [7, 11) is 0. The summed E-state index contributed by atoms with van der Waals surface area (Å²) in [5, 5.41) is 0. The quantitative estimate of drug-likeness (QED) is 0.438. The van der Waals surface area contributed by atoms with E-state index in [1.807, 2.05) is 6.92 Å². The maximum absolute atomic E-state index is 6.03. The highest BCUT2D eigenvalue weighted by molar-refractivity contribution is 5.03. The molecule has 3 N–H and O–H groups in total. The van der Waals surface area contributed by atoms with Crippen molar-refractivity contribution < 1.29 is 4.74 Å². The number of hydrazine groups is 1. The number of rotatable bonds is 5. The lowest BCUT2D eigenvalue weighted by atomic mass is 9.68. The van der Waals surface area contributed by atoms with Crippen molar-refractivity contribution in [1.29, 1.82) is 0 Å². The van der Waals surface area contributed by atoms with E-state index in [2.05, 4.69) is 25.2 Å². The van der Waals surface area contributed by atoms with Gasteiger partial charge in [-0.25, -0.2) is 0 Å². The number of ether oxygens (including phenoxy) is 1. The summed E-state index contributed by atoms with van der Waals surface area (Å²) < 4.78 is 6.03. The van der Waals surface area contributed by atoms with Gasteiger partial charge in [0.15, 0.2) is 0 Å². The predicted molar refractivity (Wildman–Crippen MR) is 71.2 cm³/mol. The van der Waals surface area contributed by atoms with E-state index in [4.69, 9.17) is 17.0 Å². The molecule has 1 aliphatic carbocycles. The van der Waals surface area contributed by atoms with Crippen LogP contribution in [0.15, 0.2) is 0 Å². The minimum atomic E-state index is -0.175. The van der Waals surface area contributed by atoms with Crippen molar-refractivity contribution in [1.82, 2.24) is 5.43 Å². The molecule has 0 aliphatic heterocycles. The van der Waals surface area contributed by atoms with E-state index in [9.17, 15) is 0 Å². The molecular weight excluding hydrogens is 212 g/mol. The molecular formula is C14H26N2O. The second-order valence-corrected chi connectivity index (χ2v) is 5.79. The van der Waals surface area contributed by atoms with E-state index >= 15 is 0 Å². The summed E-state index contributed by atoms with van der Waals surface area (Å²) in [4.78, 5) is 0. The fourth-order valence-corrected chi connectivity index (χ4v) is 2.75. The Morgan fingerprint density at radius 3 is 2.35 bits per heavy atom. The lowest BCUT2D eigenvalue weighted by Crippen LogP contribution is -2.57. The van der Waals surface area contributed by atoms with Crippen LogP contribution in [0.2, 0.25) is 0 Å². The Morgan fingerprint density at radius 1 is 1.35 bits per heavy atom. The molecule has 3 nitrogen and oxygen atoms in total. The number of hydrogen-bond donors (Lipinski definition) is 2. The van der Waals surface area contributed by atoms with E-state index in [0.717, 1.165) is 25.7 Å². The van der Waals surface area contributed by atoms with Crippen LogP contribution in [-0.2, 0) is 4.74 Å². The normalized spacial score (nSPS) is 23.9. The molecule has 1 saturated carbocycles. The molecule has 0 aromatic rings. The van der Waals surface area contributed by atoms with Gasteiger partial charge in [-0.05, 0) is 38.0 Å². The second-order valence-electron chi connectivity index (χ2n) is 5.79. The molecule has 98 valence electrons. The van der Waals surface area contributed by atoms with E-state index in [0.29, 0.717) is 18.4 Å². The molecule has 0 spiro atoms. The maximum Gasteiger partial charge on any atom is 0.0857 e. The first-order valence-electron chi connectivity index (χ1n) is 6.53. The van der Waals surface area contributed by atoms with Gasteiger partial charge in [-0.3, -0.25) is 11.3 Å². The van der Waals surface area contributed by atoms with E-state index in [-0.39, 0.29) is 11.6 Å². The predicted octanol–water partition coefficient (Wildman–Crippen LogP) is 2.22. The topological polar surface area (TPSA) is 47.3 Å². The van der Waals surface area contributed by atoms with Gasteiger partial charge < -0.3 is 4.74 Å². The summed E-state index contributed by atoms with van der Waals surface area (Å²) in [6.45, 7) is 7.37. The van der Waals surface area contributed by atoms with Gasteiger partial charge in [-0.15, -0.1) is 12.3 Å². The average molecular weight is 238 g/mol. The number of terminal acetylenes is 1. The van der Waals surface area contributed by atoms with E-state index in [1.54, 1.807) is 0 Å². The standard InChI is InChI=1S/C14H26N2O/c1-5-7-12(16-15)14(17-6-2)10-8-13(3,4)9-11-14/h1,12,16H,6-11,15H2,2-4H3. The zero-order chi connectivity index (χ0) is 12.9. The Morgan fingerprint density at radius 2 is 1.94 bits per heavy atom. The number of nitrogens with one attached hydrogen (secondary N) is 1. The highest BCUT2D eigenvalue weighted by Gasteiger charge is 2.44. The molecule has 17 heavy (non-hydrogen) atoms. The highest BCUT2D eigenvalue weighted by Crippen LogP contribution is 2.44. The number of nitrogens with two attached hydrogens (primary N) is 1. The van der Waals surface area contributed by atoms with E-state index < -0.39 is 0 Å².